The van der Waals surface area contributed by atoms with E-state index in [0.717, 1.165) is 12.8 Å². The largest absolute Gasteiger partial charge is 0.327 e. The highest BCUT2D eigenvalue weighted by Crippen LogP contribution is 2.72. The van der Waals surface area contributed by atoms with Gasteiger partial charge >= 0.3 is 0 Å². The third-order valence-corrected chi connectivity index (χ3v) is 9.91. The van der Waals surface area contributed by atoms with Crippen molar-refractivity contribution in [1.29, 1.82) is 0 Å². The summed E-state index contributed by atoms with van der Waals surface area (Å²) in [4.78, 5) is 0. The van der Waals surface area contributed by atoms with E-state index in [1.54, 1.807) is 0 Å². The zero-order valence-corrected chi connectivity index (χ0v) is 15.8. The van der Waals surface area contributed by atoms with Crippen LogP contribution in [0.2, 0.25) is 0 Å². The Bertz CT molecular complexity index is 358. The molecule has 1 aliphatic rings. The molecule has 120 valence electrons. The van der Waals surface area contributed by atoms with Crippen LogP contribution in [0.25, 0.3) is 0 Å². The number of halogens is 2. The maximum Gasteiger partial charge on any atom is 0.241 e. The summed E-state index contributed by atoms with van der Waals surface area (Å²) in [5.74, 6) is 1.42. The lowest BCUT2D eigenvalue weighted by Gasteiger charge is -2.44. The van der Waals surface area contributed by atoms with Gasteiger partial charge in [-0.15, -0.1) is 0 Å². The summed E-state index contributed by atoms with van der Waals surface area (Å²) in [5, 5.41) is 0. The van der Waals surface area contributed by atoms with Gasteiger partial charge in [0, 0.05) is 5.66 Å². The molecule has 0 bridgehead atoms. The minimum absolute atomic E-state index is 0.0128. The molecule has 0 saturated heterocycles. The van der Waals surface area contributed by atoms with Gasteiger partial charge < -0.3 is 4.52 Å². The van der Waals surface area contributed by atoms with E-state index in [0.29, 0.717) is 30.8 Å². The Hall–Kier alpha value is 0.770. The molecule has 1 saturated carbocycles. The highest BCUT2D eigenvalue weighted by atomic mass is 35.5. The highest BCUT2D eigenvalue weighted by Gasteiger charge is 2.54. The monoisotopic (exact) mass is 342 g/mol. The van der Waals surface area contributed by atoms with Gasteiger partial charge in [0.25, 0.3) is 0 Å². The van der Waals surface area contributed by atoms with Crippen LogP contribution in [0.4, 0.5) is 0 Å². The van der Waals surface area contributed by atoms with E-state index < -0.39 is 11.4 Å². The van der Waals surface area contributed by atoms with Crippen molar-refractivity contribution in [1.82, 2.24) is 0 Å². The van der Waals surface area contributed by atoms with Gasteiger partial charge in [-0.05, 0) is 43.9 Å². The fourth-order valence-electron chi connectivity index (χ4n) is 3.39. The van der Waals surface area contributed by atoms with Crippen LogP contribution < -0.4 is 0 Å². The molecule has 1 unspecified atom stereocenters. The Morgan fingerprint density at radius 1 is 1.30 bits per heavy atom. The van der Waals surface area contributed by atoms with Gasteiger partial charge in [0.05, 0.1) is 6.61 Å². The molecule has 5 heteroatoms. The Kier molecular flexibility index (Phi) is 6.92. The van der Waals surface area contributed by atoms with Gasteiger partial charge in [-0.1, -0.05) is 57.3 Å². The topological polar surface area (TPSA) is 26.3 Å². The first-order valence-electron chi connectivity index (χ1n) is 7.81. The first kappa shape index (κ1) is 18.8. The van der Waals surface area contributed by atoms with Crippen molar-refractivity contribution in [3.05, 3.63) is 0 Å². The molecule has 1 aliphatic carbocycles. The molecule has 0 aromatic heterocycles. The molecule has 0 aliphatic heterocycles. The molecule has 0 heterocycles. The maximum atomic E-state index is 13.6. The Balaban J connectivity index is 3.18. The second-order valence-corrected chi connectivity index (χ2v) is 11.3. The smallest absolute Gasteiger partial charge is 0.241 e. The van der Waals surface area contributed by atoms with Gasteiger partial charge in [0.2, 0.25) is 7.37 Å². The molecular formula is C15H29Cl2O2P. The van der Waals surface area contributed by atoms with E-state index in [1.165, 1.54) is 6.42 Å². The van der Waals surface area contributed by atoms with Gasteiger partial charge in [-0.3, -0.25) is 4.57 Å². The average molecular weight is 343 g/mol. The zero-order chi connectivity index (χ0) is 15.6. The van der Waals surface area contributed by atoms with E-state index >= 15 is 0 Å². The third kappa shape index (κ3) is 3.75. The van der Waals surface area contributed by atoms with Crippen molar-refractivity contribution in [2.24, 2.45) is 17.8 Å². The van der Waals surface area contributed by atoms with E-state index in [4.69, 9.17) is 27.7 Å². The van der Waals surface area contributed by atoms with Gasteiger partial charge in [-0.2, -0.15) is 0 Å². The lowest BCUT2D eigenvalue weighted by Crippen LogP contribution is -2.36. The van der Waals surface area contributed by atoms with Gasteiger partial charge in [0.15, 0.2) is 4.07 Å². The van der Waals surface area contributed by atoms with Crippen LogP contribution in [-0.4, -0.2) is 16.3 Å². The summed E-state index contributed by atoms with van der Waals surface area (Å²) in [6.07, 6.45) is 3.63. The van der Waals surface area contributed by atoms with Crippen molar-refractivity contribution in [3.63, 3.8) is 0 Å². The molecule has 4 atom stereocenters. The molecule has 0 radical (unpaired) electrons. The van der Waals surface area contributed by atoms with Crippen LogP contribution >= 0.6 is 30.6 Å². The second kappa shape index (κ2) is 7.36. The number of hydrogen-bond donors (Lipinski definition) is 0. The van der Waals surface area contributed by atoms with Gasteiger partial charge in [-0.25, -0.2) is 0 Å². The molecular weight excluding hydrogens is 314 g/mol. The average Bonchev–Trinajstić information content (AvgIpc) is 2.38. The van der Waals surface area contributed by atoms with E-state index in [1.807, 2.05) is 13.8 Å². The first-order chi connectivity index (χ1) is 9.19. The quantitative estimate of drug-likeness (QED) is 0.418. The van der Waals surface area contributed by atoms with Crippen molar-refractivity contribution in [2.45, 2.75) is 70.0 Å². The summed E-state index contributed by atoms with van der Waals surface area (Å²) in [5.41, 5.74) is -0.0128. The number of alkyl halides is 2. The molecule has 0 aromatic carbocycles. The van der Waals surface area contributed by atoms with E-state index in [-0.39, 0.29) is 5.66 Å². The molecule has 0 N–H and O–H groups in total. The molecule has 0 spiro atoms. The van der Waals surface area contributed by atoms with Crippen LogP contribution in [0.3, 0.4) is 0 Å². The normalized spacial score (nSPS) is 31.3. The molecule has 1 rings (SSSR count). The second-order valence-electron chi connectivity index (χ2n) is 6.43. The van der Waals surface area contributed by atoms with Crippen LogP contribution in [0, 0.1) is 17.8 Å². The molecule has 2 nitrogen and oxygen atoms in total. The zero-order valence-electron chi connectivity index (χ0n) is 13.4. The molecule has 20 heavy (non-hydrogen) atoms. The fraction of sp³-hybridized carbons (Fsp3) is 1.00. The lowest BCUT2D eigenvalue weighted by atomic mass is 9.77. The Morgan fingerprint density at radius 2 is 1.90 bits per heavy atom. The van der Waals surface area contributed by atoms with E-state index in [9.17, 15) is 4.57 Å². The highest BCUT2D eigenvalue weighted by molar-refractivity contribution is 7.65. The molecule has 0 amide bonds. The molecule has 0 aromatic rings. The minimum Gasteiger partial charge on any atom is -0.327 e. The molecule has 1 fully saturated rings. The van der Waals surface area contributed by atoms with Crippen LogP contribution in [-0.2, 0) is 9.09 Å². The summed E-state index contributed by atoms with van der Waals surface area (Å²) in [6.45, 7) is 10.7. The predicted octanol–water partition coefficient (Wildman–Crippen LogP) is 6.30. The summed E-state index contributed by atoms with van der Waals surface area (Å²) in [7, 11) is -3.11. The number of rotatable bonds is 6. The Morgan fingerprint density at radius 3 is 2.35 bits per heavy atom. The van der Waals surface area contributed by atoms with Crippen molar-refractivity contribution in [2.75, 3.05) is 6.61 Å². The van der Waals surface area contributed by atoms with Crippen molar-refractivity contribution in [3.8, 4) is 0 Å². The third-order valence-electron chi connectivity index (χ3n) is 4.63. The lowest BCUT2D eigenvalue weighted by molar-refractivity contribution is 0.212. The van der Waals surface area contributed by atoms with Gasteiger partial charge in [0.1, 0.15) is 0 Å². The number of hydrogen-bond acceptors (Lipinski definition) is 2. The van der Waals surface area contributed by atoms with Crippen molar-refractivity contribution < 1.29 is 9.09 Å². The summed E-state index contributed by atoms with van der Waals surface area (Å²) < 4.78 is 18.1. The van der Waals surface area contributed by atoms with Crippen LogP contribution in [0.5, 0.6) is 0 Å². The fourth-order valence-corrected chi connectivity index (χ4v) is 7.76. The van der Waals surface area contributed by atoms with Crippen molar-refractivity contribution >= 4 is 30.6 Å². The van der Waals surface area contributed by atoms with Crippen LogP contribution in [0.15, 0.2) is 0 Å². The van der Waals surface area contributed by atoms with E-state index in [2.05, 4.69) is 20.8 Å². The van der Waals surface area contributed by atoms with Crippen LogP contribution in [0.1, 0.15) is 60.3 Å². The summed E-state index contributed by atoms with van der Waals surface area (Å²) >= 11 is 12.9. The Labute approximate surface area is 134 Å². The maximum absolute atomic E-state index is 13.6. The standard InChI is InChI=1S/C15H29Cl2O2P/c1-6-15(16,17)20(18,19-7-2)14-10-12(5)8-9-13(14)11(3)4/h11-14H,6-10H2,1-5H3/t12-,13+,14-,20?/m1/s1. The SMILES string of the molecule is CCOP(=O)([C@@H]1C[C@H](C)CC[C@H]1C(C)C)C(Cl)(Cl)CC. The summed E-state index contributed by atoms with van der Waals surface area (Å²) in [6, 6.07) is 0. The minimum atomic E-state index is -3.11. The predicted molar refractivity (Wildman–Crippen MR) is 89.1 cm³/mol. The first-order valence-corrected chi connectivity index (χ1v) is 10.3.